The number of hydrogen-bond acceptors (Lipinski definition) is 4. The van der Waals surface area contributed by atoms with E-state index in [9.17, 15) is 4.79 Å². The zero-order valence-corrected chi connectivity index (χ0v) is 16.0. The maximum Gasteiger partial charge on any atom is 0.410 e. The molecule has 0 bridgehead atoms. The van der Waals surface area contributed by atoms with Crippen molar-refractivity contribution in [1.82, 2.24) is 19.8 Å². The molecule has 1 amide bonds. The van der Waals surface area contributed by atoms with E-state index in [1.165, 1.54) is 12.8 Å². The average Bonchev–Trinajstić information content (AvgIpc) is 2.90. The molecule has 1 aromatic rings. The number of rotatable bonds is 4. The van der Waals surface area contributed by atoms with E-state index in [1.807, 2.05) is 45.0 Å². The van der Waals surface area contributed by atoms with Crippen LogP contribution in [-0.2, 0) is 11.3 Å². The molecule has 3 rings (SSSR count). The summed E-state index contributed by atoms with van der Waals surface area (Å²) < 4.78 is 7.66. The molecule has 1 saturated carbocycles. The molecular weight excluding hydrogens is 316 g/mol. The van der Waals surface area contributed by atoms with Crippen LogP contribution in [0.2, 0.25) is 0 Å². The van der Waals surface area contributed by atoms with Crippen molar-refractivity contribution < 1.29 is 9.53 Å². The van der Waals surface area contributed by atoms with Crippen LogP contribution in [0.4, 0.5) is 4.79 Å². The molecule has 1 aromatic heterocycles. The number of likely N-dealkylation sites (tertiary alicyclic amines) is 1. The second kappa shape index (κ2) is 6.98. The van der Waals surface area contributed by atoms with Gasteiger partial charge in [0.15, 0.2) is 0 Å². The van der Waals surface area contributed by atoms with Gasteiger partial charge in [-0.2, -0.15) is 0 Å². The Morgan fingerprint density at radius 3 is 2.60 bits per heavy atom. The van der Waals surface area contributed by atoms with Crippen molar-refractivity contribution in [3.63, 3.8) is 0 Å². The summed E-state index contributed by atoms with van der Waals surface area (Å²) in [6.45, 7) is 11.4. The van der Waals surface area contributed by atoms with Crippen LogP contribution in [0.25, 0.3) is 0 Å². The molecule has 0 radical (unpaired) electrons. The van der Waals surface area contributed by atoms with E-state index in [1.54, 1.807) is 0 Å². The molecule has 6 nitrogen and oxygen atoms in total. The number of amides is 1. The Bertz CT molecular complexity index is 589. The summed E-state index contributed by atoms with van der Waals surface area (Å²) in [5.41, 5.74) is 0.0341. The third-order valence-electron chi connectivity index (χ3n) is 5.54. The largest absolute Gasteiger partial charge is 0.444 e. The number of carbonyl (C=O) groups excluding carboxylic acids is 1. The molecule has 0 aromatic carbocycles. The van der Waals surface area contributed by atoms with Crippen LogP contribution in [0, 0.1) is 12.3 Å². The lowest BCUT2D eigenvalue weighted by Gasteiger charge is -2.52. The van der Waals surface area contributed by atoms with Crippen molar-refractivity contribution in [3.8, 4) is 0 Å². The van der Waals surface area contributed by atoms with Crippen LogP contribution >= 0.6 is 0 Å². The summed E-state index contributed by atoms with van der Waals surface area (Å²) in [5.74, 6) is 1.07. The highest BCUT2D eigenvalue weighted by Crippen LogP contribution is 2.49. The Morgan fingerprint density at radius 1 is 1.36 bits per heavy atom. The zero-order chi connectivity index (χ0) is 18.1. The van der Waals surface area contributed by atoms with Gasteiger partial charge in [0.25, 0.3) is 0 Å². The number of imidazole rings is 1. The van der Waals surface area contributed by atoms with E-state index in [0.717, 1.165) is 44.8 Å². The van der Waals surface area contributed by atoms with Crippen molar-refractivity contribution in [2.45, 2.75) is 71.6 Å². The van der Waals surface area contributed by atoms with Gasteiger partial charge in [-0.25, -0.2) is 9.78 Å². The SMILES string of the molecule is Cc1nccn1CCNC1CC2(CCN(C(=O)OC(C)(C)C)CC2)C1. The van der Waals surface area contributed by atoms with E-state index in [-0.39, 0.29) is 6.09 Å². The summed E-state index contributed by atoms with van der Waals surface area (Å²) in [5, 5.41) is 3.67. The molecule has 1 saturated heterocycles. The first-order valence-electron chi connectivity index (χ1n) is 9.45. The second-order valence-electron chi connectivity index (χ2n) is 8.69. The number of aryl methyl sites for hydroxylation is 1. The summed E-state index contributed by atoms with van der Waals surface area (Å²) in [7, 11) is 0. The van der Waals surface area contributed by atoms with E-state index in [2.05, 4.69) is 14.9 Å². The minimum absolute atomic E-state index is 0.160. The summed E-state index contributed by atoms with van der Waals surface area (Å²) >= 11 is 0. The minimum atomic E-state index is -0.411. The van der Waals surface area contributed by atoms with Crippen molar-refractivity contribution in [3.05, 3.63) is 18.2 Å². The molecule has 2 aliphatic rings. The summed E-state index contributed by atoms with van der Waals surface area (Å²) in [4.78, 5) is 18.3. The third-order valence-corrected chi connectivity index (χ3v) is 5.54. The topological polar surface area (TPSA) is 59.4 Å². The van der Waals surface area contributed by atoms with Crippen molar-refractivity contribution in [1.29, 1.82) is 0 Å². The van der Waals surface area contributed by atoms with Gasteiger partial charge in [-0.15, -0.1) is 0 Å². The van der Waals surface area contributed by atoms with Crippen LogP contribution in [-0.4, -0.2) is 51.8 Å². The zero-order valence-electron chi connectivity index (χ0n) is 16.0. The molecule has 2 fully saturated rings. The average molecular weight is 348 g/mol. The molecule has 140 valence electrons. The van der Waals surface area contributed by atoms with Gasteiger partial charge in [0.2, 0.25) is 0 Å². The fraction of sp³-hybridized carbons (Fsp3) is 0.789. The molecule has 1 spiro atoms. The third kappa shape index (κ3) is 4.54. The molecule has 1 aliphatic carbocycles. The molecular formula is C19H32N4O2. The fourth-order valence-corrected chi connectivity index (χ4v) is 4.06. The van der Waals surface area contributed by atoms with Gasteiger partial charge in [-0.1, -0.05) is 0 Å². The molecule has 0 atom stereocenters. The summed E-state index contributed by atoms with van der Waals surface area (Å²) in [6.07, 6.45) is 8.40. The van der Waals surface area contributed by atoms with Gasteiger partial charge < -0.3 is 19.5 Å². The van der Waals surface area contributed by atoms with Crippen LogP contribution in [0.15, 0.2) is 12.4 Å². The van der Waals surface area contributed by atoms with Gasteiger partial charge in [0.05, 0.1) is 0 Å². The first kappa shape index (κ1) is 18.2. The summed E-state index contributed by atoms with van der Waals surface area (Å²) in [6, 6.07) is 0.622. The quantitative estimate of drug-likeness (QED) is 0.909. The standard InChI is InChI=1S/C19H32N4O2/c1-15-20-7-11-22(15)12-8-21-16-13-19(14-16)5-9-23(10-6-19)17(24)25-18(2,3)4/h7,11,16,21H,5-6,8-10,12-14H2,1-4H3. The van der Waals surface area contributed by atoms with Gasteiger partial charge >= 0.3 is 6.09 Å². The molecule has 1 aliphatic heterocycles. The Labute approximate surface area is 150 Å². The van der Waals surface area contributed by atoms with Gasteiger partial charge in [-0.05, 0) is 58.8 Å². The highest BCUT2D eigenvalue weighted by atomic mass is 16.6. The molecule has 1 N–H and O–H groups in total. The second-order valence-corrected chi connectivity index (χ2v) is 8.69. The number of hydrogen-bond donors (Lipinski definition) is 1. The molecule has 2 heterocycles. The van der Waals surface area contributed by atoms with Gasteiger partial charge in [0, 0.05) is 44.6 Å². The number of nitrogens with one attached hydrogen (secondary N) is 1. The molecule has 6 heteroatoms. The lowest BCUT2D eigenvalue weighted by Crippen LogP contribution is -2.55. The first-order valence-corrected chi connectivity index (χ1v) is 9.45. The fourth-order valence-electron chi connectivity index (χ4n) is 4.06. The maximum atomic E-state index is 12.2. The Kier molecular flexibility index (Phi) is 5.09. The lowest BCUT2D eigenvalue weighted by molar-refractivity contribution is -0.0162. The normalized spacial score (nSPS) is 20.6. The van der Waals surface area contributed by atoms with Crippen molar-refractivity contribution in [2.75, 3.05) is 19.6 Å². The van der Waals surface area contributed by atoms with Crippen LogP contribution in [0.1, 0.15) is 52.3 Å². The monoisotopic (exact) mass is 348 g/mol. The predicted octanol–water partition coefficient (Wildman–Crippen LogP) is 2.96. The lowest BCUT2D eigenvalue weighted by atomic mass is 9.60. The van der Waals surface area contributed by atoms with E-state index in [4.69, 9.17) is 4.74 Å². The minimum Gasteiger partial charge on any atom is -0.444 e. The maximum absolute atomic E-state index is 12.2. The van der Waals surface area contributed by atoms with E-state index in [0.29, 0.717) is 11.5 Å². The highest BCUT2D eigenvalue weighted by molar-refractivity contribution is 5.68. The number of piperidine rings is 1. The Balaban J connectivity index is 1.35. The van der Waals surface area contributed by atoms with E-state index >= 15 is 0 Å². The van der Waals surface area contributed by atoms with Crippen LogP contribution in [0.3, 0.4) is 0 Å². The Morgan fingerprint density at radius 2 is 2.04 bits per heavy atom. The highest BCUT2D eigenvalue weighted by Gasteiger charge is 2.46. The smallest absolute Gasteiger partial charge is 0.410 e. The van der Waals surface area contributed by atoms with Crippen LogP contribution < -0.4 is 5.32 Å². The molecule has 0 unspecified atom stereocenters. The molecule has 25 heavy (non-hydrogen) atoms. The first-order chi connectivity index (χ1) is 11.8. The van der Waals surface area contributed by atoms with Crippen LogP contribution in [0.5, 0.6) is 0 Å². The number of nitrogens with zero attached hydrogens (tertiary/aromatic N) is 3. The van der Waals surface area contributed by atoms with Gasteiger partial charge in [-0.3, -0.25) is 0 Å². The van der Waals surface area contributed by atoms with E-state index < -0.39 is 5.60 Å². The number of aromatic nitrogens is 2. The Hall–Kier alpha value is -1.56. The van der Waals surface area contributed by atoms with Crippen molar-refractivity contribution >= 4 is 6.09 Å². The van der Waals surface area contributed by atoms with Gasteiger partial charge in [0.1, 0.15) is 11.4 Å². The van der Waals surface area contributed by atoms with Crippen molar-refractivity contribution in [2.24, 2.45) is 5.41 Å². The predicted molar refractivity (Wildman–Crippen MR) is 97.5 cm³/mol. The number of ether oxygens (including phenoxy) is 1. The number of carbonyl (C=O) groups is 1.